The molecule has 0 spiro atoms. The number of hydrogen-bond acceptors (Lipinski definition) is 3. The zero-order valence-electron chi connectivity index (χ0n) is 10.8. The summed E-state index contributed by atoms with van der Waals surface area (Å²) in [6.45, 7) is 0.170. The lowest BCUT2D eigenvalue weighted by Gasteiger charge is -2.11. The second kappa shape index (κ2) is 6.53. The highest BCUT2D eigenvalue weighted by Gasteiger charge is 2.15. The standard InChI is InChI=1S/C13H16N2O4/c1-15(2)11(16)7-8-14-12(17)9-5-3-4-6-10(9)13(18)19/h3-6H,7-8H2,1-2H3,(H,14,17)(H,18,19). The first kappa shape index (κ1) is 14.7. The van der Waals surface area contributed by atoms with Crippen LogP contribution >= 0.6 is 0 Å². The fourth-order valence-corrected chi connectivity index (χ4v) is 1.47. The Morgan fingerprint density at radius 3 is 2.26 bits per heavy atom. The minimum Gasteiger partial charge on any atom is -0.478 e. The molecule has 0 bridgehead atoms. The molecule has 6 nitrogen and oxygen atoms in total. The lowest BCUT2D eigenvalue weighted by molar-refractivity contribution is -0.128. The van der Waals surface area contributed by atoms with Crippen LogP contribution in [0.25, 0.3) is 0 Å². The molecular formula is C13H16N2O4. The van der Waals surface area contributed by atoms with Crippen LogP contribution in [0.2, 0.25) is 0 Å². The van der Waals surface area contributed by atoms with Crippen molar-refractivity contribution >= 4 is 17.8 Å². The number of rotatable bonds is 5. The minimum absolute atomic E-state index is 0.0565. The smallest absolute Gasteiger partial charge is 0.336 e. The lowest BCUT2D eigenvalue weighted by atomic mass is 10.1. The zero-order valence-corrected chi connectivity index (χ0v) is 10.8. The van der Waals surface area contributed by atoms with Gasteiger partial charge in [0.05, 0.1) is 11.1 Å². The van der Waals surface area contributed by atoms with Crippen molar-refractivity contribution in [1.29, 1.82) is 0 Å². The van der Waals surface area contributed by atoms with Gasteiger partial charge in [-0.1, -0.05) is 12.1 Å². The number of carboxylic acid groups (broad SMARTS) is 1. The molecule has 2 amide bonds. The molecule has 1 rings (SSSR count). The number of aromatic carboxylic acids is 1. The molecule has 2 N–H and O–H groups in total. The number of benzene rings is 1. The summed E-state index contributed by atoms with van der Waals surface area (Å²) in [5.41, 5.74) is 0.0336. The number of nitrogens with zero attached hydrogens (tertiary/aromatic N) is 1. The lowest BCUT2D eigenvalue weighted by Crippen LogP contribution is -2.31. The van der Waals surface area contributed by atoms with Gasteiger partial charge in [-0.15, -0.1) is 0 Å². The summed E-state index contributed by atoms with van der Waals surface area (Å²) < 4.78 is 0. The number of hydrogen-bond donors (Lipinski definition) is 2. The van der Waals surface area contributed by atoms with Crippen LogP contribution in [0.5, 0.6) is 0 Å². The molecule has 102 valence electrons. The minimum atomic E-state index is -1.16. The maximum atomic E-state index is 11.8. The van der Waals surface area contributed by atoms with Crippen LogP contribution in [-0.2, 0) is 4.79 Å². The van der Waals surface area contributed by atoms with E-state index in [2.05, 4.69) is 5.32 Å². The summed E-state index contributed by atoms with van der Waals surface area (Å²) in [7, 11) is 3.26. The third-order valence-electron chi connectivity index (χ3n) is 2.53. The van der Waals surface area contributed by atoms with E-state index < -0.39 is 11.9 Å². The largest absolute Gasteiger partial charge is 0.478 e. The van der Waals surface area contributed by atoms with E-state index in [-0.39, 0.29) is 30.0 Å². The van der Waals surface area contributed by atoms with Gasteiger partial charge in [0.1, 0.15) is 0 Å². The van der Waals surface area contributed by atoms with Crippen LogP contribution in [0.1, 0.15) is 27.1 Å². The van der Waals surface area contributed by atoms with E-state index in [0.717, 1.165) is 0 Å². The van der Waals surface area contributed by atoms with E-state index in [9.17, 15) is 14.4 Å². The summed E-state index contributed by atoms with van der Waals surface area (Å²) in [5.74, 6) is -1.76. The molecule has 0 atom stereocenters. The molecule has 0 aromatic heterocycles. The molecule has 0 unspecified atom stereocenters. The van der Waals surface area contributed by atoms with Gasteiger partial charge in [-0.25, -0.2) is 4.79 Å². The van der Waals surface area contributed by atoms with Gasteiger partial charge in [-0.05, 0) is 12.1 Å². The van der Waals surface area contributed by atoms with Gasteiger partial charge >= 0.3 is 5.97 Å². The Morgan fingerprint density at radius 2 is 1.74 bits per heavy atom. The molecule has 0 heterocycles. The van der Waals surface area contributed by atoms with Crippen molar-refractivity contribution < 1.29 is 19.5 Å². The summed E-state index contributed by atoms with van der Waals surface area (Å²) in [6, 6.07) is 5.94. The Balaban J connectivity index is 2.64. The van der Waals surface area contributed by atoms with E-state index in [1.165, 1.54) is 17.0 Å². The predicted octanol–water partition coefficient (Wildman–Crippen LogP) is 0.593. The topological polar surface area (TPSA) is 86.7 Å². The average Bonchev–Trinajstić information content (AvgIpc) is 2.38. The molecule has 6 heteroatoms. The van der Waals surface area contributed by atoms with E-state index in [1.54, 1.807) is 26.2 Å². The first-order valence-corrected chi connectivity index (χ1v) is 5.74. The van der Waals surface area contributed by atoms with E-state index in [1.807, 2.05) is 0 Å². The highest BCUT2D eigenvalue weighted by Crippen LogP contribution is 2.08. The molecular weight excluding hydrogens is 248 g/mol. The fourth-order valence-electron chi connectivity index (χ4n) is 1.47. The van der Waals surface area contributed by atoms with Crippen molar-refractivity contribution in [2.24, 2.45) is 0 Å². The van der Waals surface area contributed by atoms with Gasteiger partial charge in [0, 0.05) is 27.1 Å². The molecule has 0 fully saturated rings. The van der Waals surface area contributed by atoms with Crippen molar-refractivity contribution in [3.63, 3.8) is 0 Å². The van der Waals surface area contributed by atoms with Crippen LogP contribution in [0, 0.1) is 0 Å². The first-order valence-electron chi connectivity index (χ1n) is 5.74. The number of carbonyl (C=O) groups is 3. The maximum absolute atomic E-state index is 11.8. The molecule has 0 aliphatic carbocycles. The Morgan fingerprint density at radius 1 is 1.16 bits per heavy atom. The van der Waals surface area contributed by atoms with Gasteiger partial charge in [-0.3, -0.25) is 9.59 Å². The van der Waals surface area contributed by atoms with Gasteiger partial charge in [-0.2, -0.15) is 0 Å². The molecule has 0 aliphatic rings. The highest BCUT2D eigenvalue weighted by molar-refractivity contribution is 6.04. The summed E-state index contributed by atoms with van der Waals surface area (Å²) >= 11 is 0. The second-order valence-corrected chi connectivity index (χ2v) is 4.14. The predicted molar refractivity (Wildman–Crippen MR) is 69.0 cm³/mol. The van der Waals surface area contributed by atoms with Crippen LogP contribution < -0.4 is 5.32 Å². The van der Waals surface area contributed by atoms with Crippen LogP contribution in [0.4, 0.5) is 0 Å². The molecule has 0 aliphatic heterocycles. The van der Waals surface area contributed by atoms with E-state index in [4.69, 9.17) is 5.11 Å². The van der Waals surface area contributed by atoms with Crippen molar-refractivity contribution in [2.75, 3.05) is 20.6 Å². The molecule has 1 aromatic carbocycles. The molecule has 19 heavy (non-hydrogen) atoms. The van der Waals surface area contributed by atoms with Crippen molar-refractivity contribution in [2.45, 2.75) is 6.42 Å². The Kier molecular flexibility index (Phi) is 5.05. The van der Waals surface area contributed by atoms with Crippen molar-refractivity contribution in [3.8, 4) is 0 Å². The number of carbonyl (C=O) groups excluding carboxylic acids is 2. The van der Waals surface area contributed by atoms with E-state index in [0.29, 0.717) is 0 Å². The number of carboxylic acids is 1. The van der Waals surface area contributed by atoms with Gasteiger partial charge < -0.3 is 15.3 Å². The normalized spacial score (nSPS) is 9.79. The third-order valence-corrected chi connectivity index (χ3v) is 2.53. The molecule has 0 saturated heterocycles. The summed E-state index contributed by atoms with van der Waals surface area (Å²) in [5, 5.41) is 11.5. The van der Waals surface area contributed by atoms with Gasteiger partial charge in [0.25, 0.3) is 5.91 Å². The monoisotopic (exact) mass is 264 g/mol. The van der Waals surface area contributed by atoms with Crippen molar-refractivity contribution in [1.82, 2.24) is 10.2 Å². The summed E-state index contributed by atoms with van der Waals surface area (Å²) in [4.78, 5) is 35.5. The van der Waals surface area contributed by atoms with Crippen molar-refractivity contribution in [3.05, 3.63) is 35.4 Å². The highest BCUT2D eigenvalue weighted by atomic mass is 16.4. The zero-order chi connectivity index (χ0) is 14.4. The van der Waals surface area contributed by atoms with Crippen LogP contribution in [-0.4, -0.2) is 48.4 Å². The first-order chi connectivity index (χ1) is 8.93. The Bertz CT molecular complexity index is 497. The maximum Gasteiger partial charge on any atom is 0.336 e. The molecule has 0 radical (unpaired) electrons. The van der Waals surface area contributed by atoms with Gasteiger partial charge in [0.15, 0.2) is 0 Å². The van der Waals surface area contributed by atoms with Crippen LogP contribution in [0.15, 0.2) is 24.3 Å². The van der Waals surface area contributed by atoms with Gasteiger partial charge in [0.2, 0.25) is 5.91 Å². The SMILES string of the molecule is CN(C)C(=O)CCNC(=O)c1ccccc1C(=O)O. The number of nitrogens with one attached hydrogen (secondary N) is 1. The quantitative estimate of drug-likeness (QED) is 0.815. The van der Waals surface area contributed by atoms with E-state index >= 15 is 0 Å². The molecule has 0 saturated carbocycles. The molecule has 1 aromatic rings. The third kappa shape index (κ3) is 4.09. The Labute approximate surface area is 111 Å². The fraction of sp³-hybridized carbons (Fsp3) is 0.308. The second-order valence-electron chi connectivity index (χ2n) is 4.14. The summed E-state index contributed by atoms with van der Waals surface area (Å²) in [6.07, 6.45) is 0.175. The number of amides is 2. The Hall–Kier alpha value is -2.37. The van der Waals surface area contributed by atoms with Crippen LogP contribution in [0.3, 0.4) is 0 Å². The average molecular weight is 264 g/mol.